The summed E-state index contributed by atoms with van der Waals surface area (Å²) in [6, 6.07) is 0. The van der Waals surface area contributed by atoms with Crippen molar-refractivity contribution in [2.45, 2.75) is 244 Å². The topological polar surface area (TPSA) is 27.7 Å². The van der Waals surface area contributed by atoms with Crippen molar-refractivity contribution in [3.8, 4) is 0 Å². The smallest absolute Gasteiger partial charge is 0.171 e. The lowest BCUT2D eigenvalue weighted by Crippen LogP contribution is -2.51. The van der Waals surface area contributed by atoms with E-state index >= 15 is 0 Å². The second kappa shape index (κ2) is 30.2. The van der Waals surface area contributed by atoms with Crippen LogP contribution in [-0.2, 0) is 14.2 Å². The van der Waals surface area contributed by atoms with Crippen LogP contribution in [0.5, 0.6) is 0 Å². The summed E-state index contributed by atoms with van der Waals surface area (Å²) in [6.07, 6.45) is 53.4. The van der Waals surface area contributed by atoms with Crippen LogP contribution in [0.1, 0.15) is 232 Å². The third kappa shape index (κ3) is 22.7. The van der Waals surface area contributed by atoms with Gasteiger partial charge in [-0.25, -0.2) is 0 Å². The predicted octanol–water partition coefficient (Wildman–Crippen LogP) is 14.9. The Morgan fingerprint density at radius 3 is 1.04 bits per heavy atom. The highest BCUT2D eigenvalue weighted by atomic mass is 16.8. The largest absolute Gasteiger partial charge is 0.350 e. The highest BCUT2D eigenvalue weighted by molar-refractivity contribution is 4.84. The summed E-state index contributed by atoms with van der Waals surface area (Å²) in [5.74, 6) is -0.825. The minimum atomic E-state index is -0.412. The van der Waals surface area contributed by atoms with Gasteiger partial charge in [-0.3, -0.25) is 0 Å². The molecule has 0 spiro atoms. The first-order chi connectivity index (χ1) is 23.2. The zero-order valence-electron chi connectivity index (χ0n) is 32.0. The molecule has 0 bridgehead atoms. The average molecular weight is 659 g/mol. The van der Waals surface area contributed by atoms with Gasteiger partial charge >= 0.3 is 0 Å². The zero-order valence-corrected chi connectivity index (χ0v) is 32.0. The summed E-state index contributed by atoms with van der Waals surface area (Å²) >= 11 is 0. The molecule has 3 nitrogen and oxygen atoms in total. The fourth-order valence-electron chi connectivity index (χ4n) is 7.58. The van der Waals surface area contributed by atoms with Gasteiger partial charge in [-0.2, -0.15) is 0 Å². The van der Waals surface area contributed by atoms with Gasteiger partial charge in [0.25, 0.3) is 0 Å². The Balaban J connectivity index is 1.58. The zero-order chi connectivity index (χ0) is 33.4. The van der Waals surface area contributed by atoms with Crippen molar-refractivity contribution < 1.29 is 14.2 Å². The number of hydrogen-bond donors (Lipinski definition) is 0. The molecule has 2 atom stereocenters. The highest BCUT2D eigenvalue weighted by Gasteiger charge is 2.44. The molecule has 2 unspecified atom stereocenters. The van der Waals surface area contributed by atoms with Gasteiger partial charge in [0.15, 0.2) is 11.6 Å². The van der Waals surface area contributed by atoms with E-state index in [9.17, 15) is 0 Å². The normalized spacial score (nSPS) is 22.2. The molecule has 0 aromatic heterocycles. The molecule has 0 amide bonds. The van der Waals surface area contributed by atoms with Crippen LogP contribution in [0.15, 0.2) is 24.3 Å². The molecule has 0 radical (unpaired) electrons. The van der Waals surface area contributed by atoms with Gasteiger partial charge < -0.3 is 14.2 Å². The molecule has 3 heteroatoms. The number of allylic oxidation sites excluding steroid dienone is 4. The van der Waals surface area contributed by atoms with E-state index in [0.29, 0.717) is 0 Å². The molecule has 47 heavy (non-hydrogen) atoms. The van der Waals surface area contributed by atoms with Crippen LogP contribution in [-0.4, -0.2) is 24.8 Å². The predicted molar refractivity (Wildman–Crippen MR) is 205 cm³/mol. The first-order valence-electron chi connectivity index (χ1n) is 21.5. The van der Waals surface area contributed by atoms with E-state index in [-0.39, 0.29) is 0 Å². The maximum Gasteiger partial charge on any atom is 0.171 e. The van der Waals surface area contributed by atoms with E-state index in [2.05, 4.69) is 38.2 Å². The monoisotopic (exact) mass is 659 g/mol. The Morgan fingerprint density at radius 1 is 0.404 bits per heavy atom. The Morgan fingerprint density at radius 2 is 0.723 bits per heavy atom. The molecule has 0 aliphatic carbocycles. The third-order valence-corrected chi connectivity index (χ3v) is 10.6. The average Bonchev–Trinajstić information content (AvgIpc) is 3.09. The molecule has 276 valence electrons. The van der Waals surface area contributed by atoms with Crippen molar-refractivity contribution in [3.63, 3.8) is 0 Å². The van der Waals surface area contributed by atoms with E-state index in [0.717, 1.165) is 38.9 Å². The summed E-state index contributed by atoms with van der Waals surface area (Å²) in [5.41, 5.74) is 0. The standard InChI is InChI=1S/C44H82O3/c1-3-5-7-9-11-13-15-17-19-21-23-25-27-29-31-37-43(39-33-35-41-45-43)47-44(40-34-36-42-46-44)38-32-30-28-26-24-22-20-18-16-14-12-10-8-6-4-2/h11-14H,3-10,15-42H2,1-2H3. The van der Waals surface area contributed by atoms with E-state index in [4.69, 9.17) is 14.2 Å². The minimum Gasteiger partial charge on any atom is -0.350 e. The van der Waals surface area contributed by atoms with Gasteiger partial charge in [0, 0.05) is 25.7 Å². The summed E-state index contributed by atoms with van der Waals surface area (Å²) < 4.78 is 20.1. The molecule has 2 rings (SSSR count). The molecule has 2 aliphatic heterocycles. The molecule has 0 saturated carbocycles. The summed E-state index contributed by atoms with van der Waals surface area (Å²) in [6.45, 7) is 6.26. The Labute approximate surface area is 294 Å². The second-order valence-electron chi connectivity index (χ2n) is 15.2. The fraction of sp³-hybridized carbons (Fsp3) is 0.909. The van der Waals surface area contributed by atoms with Gasteiger partial charge in [0.1, 0.15) is 0 Å². The molecule has 2 fully saturated rings. The fourth-order valence-corrected chi connectivity index (χ4v) is 7.58. The van der Waals surface area contributed by atoms with Crippen molar-refractivity contribution in [1.82, 2.24) is 0 Å². The van der Waals surface area contributed by atoms with Gasteiger partial charge in [-0.15, -0.1) is 0 Å². The van der Waals surface area contributed by atoms with Gasteiger partial charge in [-0.1, -0.05) is 141 Å². The summed E-state index contributed by atoms with van der Waals surface area (Å²) in [4.78, 5) is 0. The number of unbranched alkanes of at least 4 members (excludes halogenated alkanes) is 22. The number of ether oxygens (including phenoxy) is 3. The van der Waals surface area contributed by atoms with Crippen LogP contribution in [0.2, 0.25) is 0 Å². The molecule has 0 aromatic carbocycles. The van der Waals surface area contributed by atoms with Crippen molar-refractivity contribution >= 4 is 0 Å². The van der Waals surface area contributed by atoms with Gasteiger partial charge in [0.2, 0.25) is 0 Å². The SMILES string of the molecule is CCCCCC=CCCCCCCCCCCC1(OC2(CCCCCCCCCCC=CCCCCC)CCCCO2)CCCCO1. The Bertz CT molecular complexity index is 656. The molecular formula is C44H82O3. The van der Waals surface area contributed by atoms with Crippen molar-refractivity contribution in [2.75, 3.05) is 13.2 Å². The first-order valence-corrected chi connectivity index (χ1v) is 21.5. The number of rotatable bonds is 32. The molecule has 2 saturated heterocycles. The van der Waals surface area contributed by atoms with E-state index in [1.54, 1.807) is 0 Å². The van der Waals surface area contributed by atoms with Crippen LogP contribution in [0.25, 0.3) is 0 Å². The second-order valence-corrected chi connectivity index (χ2v) is 15.2. The molecule has 2 heterocycles. The van der Waals surface area contributed by atoms with Crippen molar-refractivity contribution in [2.24, 2.45) is 0 Å². The quantitative estimate of drug-likeness (QED) is 0.0532. The maximum atomic E-state index is 7.09. The van der Waals surface area contributed by atoms with Crippen LogP contribution >= 0.6 is 0 Å². The summed E-state index contributed by atoms with van der Waals surface area (Å²) in [5, 5.41) is 0. The van der Waals surface area contributed by atoms with Gasteiger partial charge in [0.05, 0.1) is 13.2 Å². The van der Waals surface area contributed by atoms with Crippen molar-refractivity contribution in [1.29, 1.82) is 0 Å². The van der Waals surface area contributed by atoms with Crippen LogP contribution in [0, 0.1) is 0 Å². The third-order valence-electron chi connectivity index (χ3n) is 10.6. The molecule has 0 N–H and O–H groups in total. The van der Waals surface area contributed by atoms with Crippen LogP contribution in [0.3, 0.4) is 0 Å². The molecular weight excluding hydrogens is 576 g/mol. The Kier molecular flexibility index (Phi) is 27.3. The molecule has 0 aromatic rings. The van der Waals surface area contributed by atoms with Crippen LogP contribution in [0.4, 0.5) is 0 Å². The lowest BCUT2D eigenvalue weighted by atomic mass is 9.94. The van der Waals surface area contributed by atoms with E-state index < -0.39 is 11.6 Å². The minimum absolute atomic E-state index is 0.412. The lowest BCUT2D eigenvalue weighted by Gasteiger charge is -2.47. The van der Waals surface area contributed by atoms with Crippen LogP contribution < -0.4 is 0 Å². The summed E-state index contributed by atoms with van der Waals surface area (Å²) in [7, 11) is 0. The first kappa shape index (κ1) is 42.5. The Hall–Kier alpha value is -0.640. The van der Waals surface area contributed by atoms with E-state index in [1.165, 1.54) is 193 Å². The van der Waals surface area contributed by atoms with E-state index in [1.807, 2.05) is 0 Å². The van der Waals surface area contributed by atoms with Gasteiger partial charge in [-0.05, 0) is 89.9 Å². The lowest BCUT2D eigenvalue weighted by molar-refractivity contribution is -0.380. The molecule has 2 aliphatic rings. The van der Waals surface area contributed by atoms with Crippen molar-refractivity contribution in [3.05, 3.63) is 24.3 Å². The number of hydrogen-bond acceptors (Lipinski definition) is 3. The highest BCUT2D eigenvalue weighted by Crippen LogP contribution is 2.41. The maximum absolute atomic E-state index is 7.09.